The average molecular weight is 503 g/mol. The Morgan fingerprint density at radius 1 is 0.973 bits per heavy atom. The second kappa shape index (κ2) is 9.43. The highest BCUT2D eigenvalue weighted by Gasteiger charge is 2.70. The van der Waals surface area contributed by atoms with Crippen LogP contribution in [0.15, 0.2) is 67.0 Å². The van der Waals surface area contributed by atoms with E-state index in [0.717, 1.165) is 11.3 Å². The fraction of sp³-hybridized carbons (Fsp3) is 0.192. The predicted molar refractivity (Wildman–Crippen MR) is 135 cm³/mol. The molecule has 0 saturated carbocycles. The zero-order valence-corrected chi connectivity index (χ0v) is 20.5. The van der Waals surface area contributed by atoms with Crippen molar-refractivity contribution in [2.45, 2.75) is 19.4 Å². The van der Waals surface area contributed by atoms with E-state index < -0.39 is 39.7 Å². The third-order valence-corrected chi connectivity index (χ3v) is 6.64. The maximum atomic E-state index is 14.2. The second-order valence-corrected chi connectivity index (χ2v) is 8.72. The van der Waals surface area contributed by atoms with Crippen LogP contribution in [0.25, 0.3) is 0 Å². The van der Waals surface area contributed by atoms with Crippen molar-refractivity contribution < 1.29 is 23.9 Å². The number of fused-ring (bicyclic) bond motifs is 1. The average Bonchev–Trinajstić information content (AvgIpc) is 2.97. The van der Waals surface area contributed by atoms with Crippen molar-refractivity contribution in [1.29, 1.82) is 0 Å². The predicted octanol–water partition coefficient (Wildman–Crippen LogP) is 2.32. The number of benzene rings is 2. The summed E-state index contributed by atoms with van der Waals surface area (Å²) in [5.41, 5.74) is 10.4. The molecule has 4 N–H and O–H groups in total. The highest BCUT2D eigenvalue weighted by molar-refractivity contribution is 6.29. The van der Waals surface area contributed by atoms with Gasteiger partial charge in [0.1, 0.15) is 11.4 Å². The van der Waals surface area contributed by atoms with Crippen molar-refractivity contribution in [3.63, 3.8) is 0 Å². The van der Waals surface area contributed by atoms with Crippen molar-refractivity contribution in [2.75, 3.05) is 12.0 Å². The van der Waals surface area contributed by atoms with Crippen LogP contribution >= 0.6 is 0 Å². The minimum atomic E-state index is -2.06. The van der Waals surface area contributed by atoms with E-state index in [2.05, 4.69) is 9.97 Å². The van der Waals surface area contributed by atoms with Crippen molar-refractivity contribution in [2.24, 2.45) is 17.4 Å². The van der Waals surface area contributed by atoms with Crippen molar-refractivity contribution in [3.05, 3.63) is 79.0 Å². The molecular formula is C26H26N6O5+. The lowest BCUT2D eigenvalue weighted by Crippen LogP contribution is -2.77. The van der Waals surface area contributed by atoms with Crippen LogP contribution in [-0.4, -0.2) is 40.8 Å². The summed E-state index contributed by atoms with van der Waals surface area (Å²) in [6.45, 7) is 3.30. The number of urea groups is 1. The molecule has 189 valence electrons. The summed E-state index contributed by atoms with van der Waals surface area (Å²) >= 11 is 0. The van der Waals surface area contributed by atoms with E-state index in [-0.39, 0.29) is 22.9 Å². The maximum absolute atomic E-state index is 14.2. The number of nitrogens with zero attached hydrogens (tertiary/aromatic N) is 4. The van der Waals surface area contributed by atoms with Gasteiger partial charge in [-0.2, -0.15) is 0 Å². The number of amides is 5. The highest BCUT2D eigenvalue weighted by Crippen LogP contribution is 2.51. The molecule has 0 saturated heterocycles. The van der Waals surface area contributed by atoms with Crippen LogP contribution in [0.4, 0.5) is 22.1 Å². The molecule has 1 aliphatic heterocycles. The van der Waals surface area contributed by atoms with Gasteiger partial charge in [-0.15, -0.1) is 4.48 Å². The molecule has 3 aromatic rings. The Hall–Kier alpha value is -4.64. The summed E-state index contributed by atoms with van der Waals surface area (Å²) in [6.07, 6.45) is 3.59. The number of carbonyl (C=O) groups is 4. The number of quaternary nitrogens is 1. The first kappa shape index (κ1) is 25.5. The zero-order chi connectivity index (χ0) is 27.0. The molecule has 5 amide bonds. The van der Waals surface area contributed by atoms with E-state index in [0.29, 0.717) is 5.75 Å². The van der Waals surface area contributed by atoms with Crippen LogP contribution in [0, 0.1) is 12.3 Å². The third-order valence-electron chi connectivity index (χ3n) is 6.64. The largest absolute Gasteiger partial charge is 0.497 e. The number of aromatic nitrogens is 2. The molecule has 0 fully saturated rings. The lowest BCUT2D eigenvalue weighted by atomic mass is 9.74. The Balaban J connectivity index is 2.18. The van der Waals surface area contributed by atoms with Crippen LogP contribution < -0.4 is 25.6 Å². The number of anilines is 2. The van der Waals surface area contributed by atoms with E-state index in [9.17, 15) is 19.2 Å². The first-order valence-corrected chi connectivity index (χ1v) is 11.4. The summed E-state index contributed by atoms with van der Waals surface area (Å²) in [5.74, 6) is -3.15. The summed E-state index contributed by atoms with van der Waals surface area (Å²) in [7, 11) is 1.48. The van der Waals surface area contributed by atoms with Crippen LogP contribution in [0.5, 0.6) is 5.75 Å². The van der Waals surface area contributed by atoms with Crippen molar-refractivity contribution >= 4 is 41.1 Å². The van der Waals surface area contributed by atoms with Crippen molar-refractivity contribution in [1.82, 2.24) is 14.5 Å². The molecule has 2 atom stereocenters. The number of ether oxygens (including phenoxy) is 1. The molecule has 1 aromatic heterocycles. The van der Waals surface area contributed by atoms with Crippen LogP contribution in [0.3, 0.4) is 0 Å². The number of hydrogen-bond donors (Lipinski definition) is 2. The first-order valence-electron chi connectivity index (χ1n) is 11.4. The quantitative estimate of drug-likeness (QED) is 0.489. The van der Waals surface area contributed by atoms with Crippen LogP contribution in [-0.2, 0) is 19.9 Å². The number of imide groups is 1. The van der Waals surface area contributed by atoms with Gasteiger partial charge < -0.3 is 16.2 Å². The number of methoxy groups -OCH3 is 1. The smallest absolute Gasteiger partial charge is 0.427 e. The van der Waals surface area contributed by atoms with E-state index >= 15 is 0 Å². The van der Waals surface area contributed by atoms with Crippen LogP contribution in [0.2, 0.25) is 0 Å². The first-order chi connectivity index (χ1) is 17.6. The number of primary amides is 2. The van der Waals surface area contributed by atoms with E-state index in [1.165, 1.54) is 31.6 Å². The second-order valence-electron chi connectivity index (χ2n) is 8.72. The van der Waals surface area contributed by atoms with Gasteiger partial charge in [-0.1, -0.05) is 26.0 Å². The fourth-order valence-corrected chi connectivity index (χ4v) is 5.17. The molecule has 37 heavy (non-hydrogen) atoms. The van der Waals surface area contributed by atoms with Gasteiger partial charge in [0.15, 0.2) is 12.1 Å². The molecule has 2 heterocycles. The lowest BCUT2D eigenvalue weighted by molar-refractivity contribution is -0.143. The standard InChI is InChI=1S/C26H25N6O5/c1-16(2)26(23(27)35,17-9-11-18(37-3)12-10-17)32(24(28)36)20-8-5-4-7-19(20)31(21(33)15-22(32)34)25-29-13-6-14-30-25/h4-16H,1-3H3,(H3-,27,28,35,36)/p+1. The molecule has 0 bridgehead atoms. The van der Waals surface area contributed by atoms with Gasteiger partial charge in [-0.05, 0) is 36.4 Å². The Kier molecular flexibility index (Phi) is 6.49. The molecule has 1 aliphatic rings. The molecule has 0 spiro atoms. The number of hydrogen-bond acceptors (Lipinski definition) is 7. The van der Waals surface area contributed by atoms with Gasteiger partial charge in [0.25, 0.3) is 11.8 Å². The number of rotatable bonds is 6. The minimum Gasteiger partial charge on any atom is -0.497 e. The van der Waals surface area contributed by atoms with E-state index in [1.54, 1.807) is 56.3 Å². The molecule has 1 radical (unpaired) electrons. The SMILES string of the molecule is COc1ccc(C(C(N)=O)(C(C)C)[N+]2(C(N)=O)C(=O)[CH]C(=O)N(c3ncccn3)c3ccccc32)cc1. The van der Waals surface area contributed by atoms with E-state index in [1.807, 2.05) is 0 Å². The highest BCUT2D eigenvalue weighted by atomic mass is 16.5. The Morgan fingerprint density at radius 2 is 1.59 bits per heavy atom. The lowest BCUT2D eigenvalue weighted by Gasteiger charge is -2.47. The molecule has 0 aliphatic carbocycles. The maximum Gasteiger partial charge on any atom is 0.427 e. The summed E-state index contributed by atoms with van der Waals surface area (Å²) in [4.78, 5) is 64.3. The molecule has 2 aromatic carbocycles. The van der Waals surface area contributed by atoms with Gasteiger partial charge in [0.05, 0.1) is 7.11 Å². The number of nitrogens with two attached hydrogens (primary N) is 2. The van der Waals surface area contributed by atoms with Gasteiger partial charge >= 0.3 is 11.9 Å². The number of para-hydroxylation sites is 2. The molecular weight excluding hydrogens is 476 g/mol. The number of carbonyl (C=O) groups excluding carboxylic acids is 4. The monoisotopic (exact) mass is 502 g/mol. The molecule has 4 rings (SSSR count). The Morgan fingerprint density at radius 3 is 2.14 bits per heavy atom. The van der Waals surface area contributed by atoms with Gasteiger partial charge in [0, 0.05) is 29.9 Å². The minimum absolute atomic E-state index is 0.0297. The van der Waals surface area contributed by atoms with Gasteiger partial charge in [0.2, 0.25) is 11.5 Å². The third kappa shape index (κ3) is 3.54. The molecule has 11 heteroatoms. The Bertz CT molecular complexity index is 1380. The molecule has 2 unspecified atom stereocenters. The fourth-order valence-electron chi connectivity index (χ4n) is 5.17. The van der Waals surface area contributed by atoms with E-state index in [4.69, 9.17) is 16.2 Å². The summed E-state index contributed by atoms with van der Waals surface area (Å²) in [5, 5.41) is 0. The summed E-state index contributed by atoms with van der Waals surface area (Å²) < 4.78 is 3.85. The Labute approximate surface area is 213 Å². The zero-order valence-electron chi connectivity index (χ0n) is 20.5. The van der Waals surface area contributed by atoms with Gasteiger partial charge in [-0.25, -0.2) is 24.5 Å². The van der Waals surface area contributed by atoms with Crippen LogP contribution in [0.1, 0.15) is 19.4 Å². The normalized spacial score (nSPS) is 19.1. The van der Waals surface area contributed by atoms with Crippen molar-refractivity contribution in [3.8, 4) is 5.75 Å². The summed E-state index contributed by atoms with van der Waals surface area (Å²) in [6, 6.07) is 12.8. The van der Waals surface area contributed by atoms with Gasteiger partial charge in [-0.3, -0.25) is 9.59 Å². The topological polar surface area (TPSA) is 159 Å². The molecule has 11 nitrogen and oxygen atoms in total.